The number of halogens is 3. The molecule has 0 fully saturated rings. The largest absolute Gasteiger partial charge is 0.501 e. The molecule has 0 heterocycles. The highest BCUT2D eigenvalue weighted by molar-refractivity contribution is 8.04. The van der Waals surface area contributed by atoms with Gasteiger partial charge in [0.2, 0.25) is 0 Å². The van der Waals surface area contributed by atoms with Crippen molar-refractivity contribution in [1.29, 1.82) is 0 Å². The van der Waals surface area contributed by atoms with Gasteiger partial charge in [-0.15, -0.1) is 0 Å². The van der Waals surface area contributed by atoms with Crippen molar-refractivity contribution in [3.05, 3.63) is 28.3 Å². The van der Waals surface area contributed by atoms with Crippen LogP contribution in [0.3, 0.4) is 0 Å². The van der Waals surface area contributed by atoms with Crippen LogP contribution in [0.15, 0.2) is 15.9 Å². The van der Waals surface area contributed by atoms with Crippen molar-refractivity contribution < 1.29 is 34.8 Å². The number of rotatable bonds is 3. The highest BCUT2D eigenvalue weighted by atomic mass is 32.2. The molecule has 1 aromatic rings. The number of alkyl halides is 3. The molecule has 6 nitrogen and oxygen atoms in total. The van der Waals surface area contributed by atoms with Crippen LogP contribution in [0, 0.1) is 20.8 Å². The van der Waals surface area contributed by atoms with Gasteiger partial charge in [0.05, 0.1) is 9.79 Å². The molecule has 11 heteroatoms. The van der Waals surface area contributed by atoms with Gasteiger partial charge in [0.25, 0.3) is 19.7 Å². The van der Waals surface area contributed by atoms with E-state index < -0.39 is 40.5 Å². The first kappa shape index (κ1) is 18.3. The third kappa shape index (κ3) is 2.92. The molecule has 1 aromatic carbocycles. The van der Waals surface area contributed by atoms with E-state index in [1.165, 1.54) is 6.92 Å². The maximum atomic E-state index is 12.8. The first-order chi connectivity index (χ1) is 9.77. The number of aryl methyl sites for hydroxylation is 2. The summed E-state index contributed by atoms with van der Waals surface area (Å²) in [6.45, 7) is 3.38. The predicted octanol–water partition coefficient (Wildman–Crippen LogP) is 1.94. The Labute approximate surface area is 125 Å². The van der Waals surface area contributed by atoms with Crippen LogP contribution < -0.4 is 0 Å². The summed E-state index contributed by atoms with van der Waals surface area (Å²) in [6.07, 6.45) is 0. The van der Waals surface area contributed by atoms with E-state index in [1.54, 1.807) is 0 Å². The molecule has 0 saturated heterocycles. The minimum atomic E-state index is -5.72. The Morgan fingerprint density at radius 2 is 1.50 bits per heavy atom. The van der Waals surface area contributed by atoms with E-state index in [4.69, 9.17) is 5.53 Å². The Hall–Kier alpha value is -1.71. The van der Waals surface area contributed by atoms with Crippen molar-refractivity contribution >= 4 is 25.2 Å². The summed E-state index contributed by atoms with van der Waals surface area (Å²) in [7, 11) is -10.1. The van der Waals surface area contributed by atoms with Gasteiger partial charge in [-0.1, -0.05) is 6.07 Å². The number of hydrogen-bond donors (Lipinski definition) is 0. The molecule has 0 aliphatic rings. The van der Waals surface area contributed by atoms with E-state index in [0.29, 0.717) is 0 Å². The smallest absolute Gasteiger partial charge is 0.361 e. The lowest BCUT2D eigenvalue weighted by atomic mass is 10.1. The van der Waals surface area contributed by atoms with Crippen LogP contribution in [-0.4, -0.2) is 32.7 Å². The summed E-state index contributed by atoms with van der Waals surface area (Å²) < 4.78 is 85.4. The number of benzene rings is 1. The van der Waals surface area contributed by atoms with Gasteiger partial charge in [0.1, 0.15) is 0 Å². The summed E-state index contributed by atoms with van der Waals surface area (Å²) in [4.78, 5) is 0.589. The molecule has 0 aliphatic carbocycles. The third-order valence-electron chi connectivity index (χ3n) is 2.87. The van der Waals surface area contributed by atoms with E-state index in [1.807, 2.05) is 0 Å². The van der Waals surface area contributed by atoms with Gasteiger partial charge in [0, 0.05) is 0 Å². The second-order valence-electron chi connectivity index (χ2n) is 4.51. The molecular weight excluding hydrogens is 345 g/mol. The van der Waals surface area contributed by atoms with Gasteiger partial charge in [-0.25, -0.2) is 16.8 Å². The molecule has 122 valence electrons. The summed E-state index contributed by atoms with van der Waals surface area (Å²) in [5, 5.41) is 0. The molecule has 0 aromatic heterocycles. The molecule has 0 aliphatic heterocycles. The second-order valence-corrected chi connectivity index (χ2v) is 8.10. The molecule has 0 bridgehead atoms. The zero-order valence-electron chi connectivity index (χ0n) is 11.6. The van der Waals surface area contributed by atoms with E-state index in [-0.39, 0.29) is 16.7 Å². The van der Waals surface area contributed by atoms with Crippen LogP contribution in [0.1, 0.15) is 16.7 Å². The van der Waals surface area contributed by atoms with Crippen LogP contribution in [-0.2, 0) is 19.7 Å². The van der Waals surface area contributed by atoms with Crippen molar-refractivity contribution in [2.24, 2.45) is 0 Å². The highest BCUT2D eigenvalue weighted by Gasteiger charge is 2.49. The minimum absolute atomic E-state index is 0.0380. The van der Waals surface area contributed by atoms with Crippen LogP contribution in [0.2, 0.25) is 0 Å². The number of sulfone groups is 2. The minimum Gasteiger partial charge on any atom is -0.361 e. The molecule has 22 heavy (non-hydrogen) atoms. The Morgan fingerprint density at radius 1 is 1.05 bits per heavy atom. The van der Waals surface area contributed by atoms with E-state index >= 15 is 0 Å². The summed E-state index contributed by atoms with van der Waals surface area (Å²) in [6, 6.07) is 1.02. The fourth-order valence-corrected chi connectivity index (χ4v) is 4.78. The van der Waals surface area contributed by atoms with E-state index in [9.17, 15) is 30.0 Å². The van der Waals surface area contributed by atoms with Crippen LogP contribution in [0.25, 0.3) is 5.53 Å². The molecular formula is C11H11F3N2O4S2. The zero-order valence-corrected chi connectivity index (χ0v) is 13.3. The number of nitrogens with zero attached hydrogens (tertiary/aromatic N) is 2. The van der Waals surface area contributed by atoms with E-state index in [2.05, 4.69) is 4.79 Å². The predicted molar refractivity (Wildman–Crippen MR) is 70.8 cm³/mol. The van der Waals surface area contributed by atoms with Crippen LogP contribution >= 0.6 is 0 Å². The van der Waals surface area contributed by atoms with Crippen LogP contribution in [0.5, 0.6) is 0 Å². The van der Waals surface area contributed by atoms with Crippen molar-refractivity contribution in [3.8, 4) is 0 Å². The third-order valence-corrected chi connectivity index (χ3v) is 6.22. The first-order valence-electron chi connectivity index (χ1n) is 5.62. The lowest BCUT2D eigenvalue weighted by Crippen LogP contribution is -2.26. The van der Waals surface area contributed by atoms with Crippen molar-refractivity contribution in [2.75, 3.05) is 0 Å². The molecule has 0 radical (unpaired) electrons. The van der Waals surface area contributed by atoms with Gasteiger partial charge in [0.15, 0.2) is 0 Å². The topological polar surface area (TPSA) is 105 Å². The quantitative estimate of drug-likeness (QED) is 0.357. The average Bonchev–Trinajstić information content (AvgIpc) is 2.24. The fourth-order valence-electron chi connectivity index (χ4n) is 2.23. The fraction of sp³-hybridized carbons (Fsp3) is 0.364. The maximum absolute atomic E-state index is 12.8. The van der Waals surface area contributed by atoms with E-state index in [0.717, 1.165) is 19.9 Å². The van der Waals surface area contributed by atoms with Gasteiger partial charge in [-0.05, 0) is 37.5 Å². The van der Waals surface area contributed by atoms with Gasteiger partial charge < -0.3 is 5.53 Å². The lowest BCUT2D eigenvalue weighted by molar-refractivity contribution is -0.0436. The molecule has 0 atom stereocenters. The van der Waals surface area contributed by atoms with Gasteiger partial charge in [-0.3, -0.25) is 0 Å². The van der Waals surface area contributed by atoms with Gasteiger partial charge >= 0.3 is 11.1 Å². The highest BCUT2D eigenvalue weighted by Crippen LogP contribution is 2.37. The summed E-state index contributed by atoms with van der Waals surface area (Å²) >= 11 is 0. The SMILES string of the molecule is Cc1cc(C)c(S(=O)(=O)C(F)(F)F)c(C)c1S(=O)(=O)C=[N+]=[N-]. The number of hydrogen-bond acceptors (Lipinski definition) is 4. The monoisotopic (exact) mass is 356 g/mol. The normalized spacial score (nSPS) is 12.8. The first-order valence-corrected chi connectivity index (χ1v) is 8.65. The standard InChI is InChI=1S/C11H11F3N2O4S2/c1-6-4-7(2)10(22(19,20)11(12,13)14)8(3)9(6)21(17,18)5-16-15/h4-5H,1-3H3. The Kier molecular flexibility index (Phi) is 4.57. The Balaban J connectivity index is 4.00. The lowest BCUT2D eigenvalue weighted by Gasteiger charge is -2.16. The second kappa shape index (κ2) is 5.49. The summed E-state index contributed by atoms with van der Waals surface area (Å²) in [5.74, 6) is 0. The molecule has 0 saturated carbocycles. The maximum Gasteiger partial charge on any atom is 0.501 e. The van der Waals surface area contributed by atoms with Gasteiger partial charge in [-0.2, -0.15) is 18.0 Å². The molecule has 0 amide bonds. The Bertz CT molecular complexity index is 881. The molecule has 0 spiro atoms. The van der Waals surface area contributed by atoms with Crippen molar-refractivity contribution in [3.63, 3.8) is 0 Å². The molecule has 0 N–H and O–H groups in total. The zero-order chi connectivity index (χ0) is 17.5. The van der Waals surface area contributed by atoms with Crippen molar-refractivity contribution in [1.82, 2.24) is 0 Å². The summed E-state index contributed by atoms with van der Waals surface area (Å²) in [5.41, 5.74) is 2.15. The Morgan fingerprint density at radius 3 is 1.91 bits per heavy atom. The van der Waals surface area contributed by atoms with Crippen LogP contribution in [0.4, 0.5) is 13.2 Å². The molecule has 1 rings (SSSR count). The molecule has 0 unspecified atom stereocenters. The van der Waals surface area contributed by atoms with Crippen molar-refractivity contribution in [2.45, 2.75) is 36.1 Å². The average molecular weight is 356 g/mol.